The fourth-order valence-electron chi connectivity index (χ4n) is 2.32. The largest absolute Gasteiger partial charge is 0.496 e. The van der Waals surface area contributed by atoms with Gasteiger partial charge in [-0.2, -0.15) is 4.39 Å². The highest BCUT2D eigenvalue weighted by Crippen LogP contribution is 2.36. The number of pyridine rings is 1. The summed E-state index contributed by atoms with van der Waals surface area (Å²) in [7, 11) is 0.382. The van der Waals surface area contributed by atoms with Crippen LogP contribution < -0.4 is 10.2 Å². The first-order chi connectivity index (χ1) is 9.22. The second kappa shape index (κ2) is 4.64. The number of ether oxygens (including phenoxy) is 1. The van der Waals surface area contributed by atoms with Crippen molar-refractivity contribution in [2.75, 3.05) is 7.11 Å². The van der Waals surface area contributed by atoms with Gasteiger partial charge in [-0.3, -0.25) is 0 Å². The van der Waals surface area contributed by atoms with Crippen LogP contribution in [-0.4, -0.2) is 24.2 Å². The Balaban J connectivity index is 2.15. The van der Waals surface area contributed by atoms with Gasteiger partial charge in [-0.25, -0.2) is 4.98 Å². The predicted molar refractivity (Wildman–Crippen MR) is 67.7 cm³/mol. The molecule has 1 aromatic heterocycles. The number of rotatable bonds is 2. The first kappa shape index (κ1) is 12.1. The van der Waals surface area contributed by atoms with E-state index in [-0.39, 0.29) is 5.56 Å². The third-order valence-electron chi connectivity index (χ3n) is 3.19. The smallest absolute Gasteiger partial charge is 0.492 e. The zero-order valence-corrected chi connectivity index (χ0v) is 10.2. The van der Waals surface area contributed by atoms with Crippen molar-refractivity contribution < 1.29 is 18.8 Å². The molecule has 1 atom stereocenters. The number of methoxy groups -OCH3 is 1. The Morgan fingerprint density at radius 1 is 1.37 bits per heavy atom. The fourth-order valence-corrected chi connectivity index (χ4v) is 2.32. The van der Waals surface area contributed by atoms with Crippen molar-refractivity contribution in [1.82, 2.24) is 4.98 Å². The molecule has 0 radical (unpaired) electrons. The van der Waals surface area contributed by atoms with E-state index in [1.165, 1.54) is 13.3 Å². The summed E-state index contributed by atoms with van der Waals surface area (Å²) in [5.74, 6) is -0.0549. The van der Waals surface area contributed by atoms with E-state index in [0.29, 0.717) is 16.8 Å². The Labute approximate surface area is 110 Å². The second-order valence-corrected chi connectivity index (χ2v) is 4.22. The molecule has 0 spiro atoms. The highest BCUT2D eigenvalue weighted by molar-refractivity contribution is 6.61. The average molecular weight is 259 g/mol. The Morgan fingerprint density at radius 2 is 2.16 bits per heavy atom. The minimum Gasteiger partial charge on any atom is -0.496 e. The number of halogens is 1. The maximum Gasteiger partial charge on any atom is 0.492 e. The lowest BCUT2D eigenvalue weighted by molar-refractivity contribution is 0.217. The van der Waals surface area contributed by atoms with E-state index in [9.17, 15) is 9.41 Å². The molecule has 0 fully saturated rings. The highest BCUT2D eigenvalue weighted by Gasteiger charge is 2.39. The van der Waals surface area contributed by atoms with Crippen molar-refractivity contribution in [2.24, 2.45) is 0 Å². The molecule has 3 rings (SSSR count). The third kappa shape index (κ3) is 1.89. The molecule has 4 nitrogen and oxygen atoms in total. The maximum atomic E-state index is 13.9. The number of hydrogen-bond donors (Lipinski definition) is 1. The van der Waals surface area contributed by atoms with Crippen molar-refractivity contribution >= 4 is 12.6 Å². The molecule has 0 aliphatic carbocycles. The van der Waals surface area contributed by atoms with Crippen LogP contribution in [0, 0.1) is 5.95 Å². The molecule has 19 heavy (non-hydrogen) atoms. The van der Waals surface area contributed by atoms with Gasteiger partial charge < -0.3 is 14.4 Å². The van der Waals surface area contributed by atoms with Crippen molar-refractivity contribution in [2.45, 2.75) is 6.10 Å². The molecule has 1 aromatic carbocycles. The van der Waals surface area contributed by atoms with Crippen molar-refractivity contribution in [3.63, 3.8) is 0 Å². The topological polar surface area (TPSA) is 51.6 Å². The molecule has 1 aliphatic heterocycles. The van der Waals surface area contributed by atoms with Crippen LogP contribution in [0.25, 0.3) is 0 Å². The van der Waals surface area contributed by atoms with Crippen LogP contribution in [0.2, 0.25) is 0 Å². The predicted octanol–water partition coefficient (Wildman–Crippen LogP) is 1.04. The van der Waals surface area contributed by atoms with Gasteiger partial charge in [0.1, 0.15) is 11.9 Å². The van der Waals surface area contributed by atoms with Gasteiger partial charge in [-0.05, 0) is 17.6 Å². The monoisotopic (exact) mass is 259 g/mol. The first-order valence-corrected chi connectivity index (χ1v) is 5.83. The standard InChI is InChI=1S/C13H11BFNO3/c1-18-10-5-3-2-4-8(10)12-11-9(14(17)19-12)6-7-16-13(11)15/h2-7,12,17H,1H3/t12-/m1/s1. The molecule has 0 saturated carbocycles. The number of nitrogens with zero attached hydrogens (tertiary/aromatic N) is 1. The molecule has 0 saturated heterocycles. The van der Waals surface area contributed by atoms with Gasteiger partial charge >= 0.3 is 7.12 Å². The first-order valence-electron chi connectivity index (χ1n) is 5.83. The molecule has 1 N–H and O–H groups in total. The van der Waals surface area contributed by atoms with E-state index in [1.54, 1.807) is 24.3 Å². The molecule has 6 heteroatoms. The molecule has 0 amide bonds. The zero-order valence-electron chi connectivity index (χ0n) is 10.2. The molecular weight excluding hydrogens is 248 g/mol. The summed E-state index contributed by atoms with van der Waals surface area (Å²) < 4.78 is 24.6. The molecular formula is C13H11BFNO3. The molecule has 0 unspecified atom stereocenters. The Hall–Kier alpha value is -1.92. The van der Waals surface area contributed by atoms with E-state index in [0.717, 1.165) is 0 Å². The minimum absolute atomic E-state index is 0.263. The molecule has 1 aliphatic rings. The van der Waals surface area contributed by atoms with Crippen LogP contribution in [0.5, 0.6) is 5.75 Å². The number of fused-ring (bicyclic) bond motifs is 1. The van der Waals surface area contributed by atoms with Gasteiger partial charge in [0.25, 0.3) is 0 Å². The van der Waals surface area contributed by atoms with E-state index < -0.39 is 19.2 Å². The van der Waals surface area contributed by atoms with Crippen LogP contribution in [0.4, 0.5) is 4.39 Å². The zero-order chi connectivity index (χ0) is 13.4. The molecule has 2 heterocycles. The Morgan fingerprint density at radius 3 is 2.95 bits per heavy atom. The quantitative estimate of drug-likeness (QED) is 0.646. The Bertz CT molecular complexity index is 623. The van der Waals surface area contributed by atoms with Crippen LogP contribution >= 0.6 is 0 Å². The van der Waals surface area contributed by atoms with E-state index in [4.69, 9.17) is 9.39 Å². The minimum atomic E-state index is -1.15. The Kier molecular flexibility index (Phi) is 2.96. The number of para-hydroxylation sites is 1. The van der Waals surface area contributed by atoms with E-state index in [1.807, 2.05) is 6.07 Å². The van der Waals surface area contributed by atoms with Crippen molar-refractivity contribution in [1.29, 1.82) is 0 Å². The highest BCUT2D eigenvalue weighted by atomic mass is 19.1. The van der Waals surface area contributed by atoms with Crippen molar-refractivity contribution in [3.05, 3.63) is 53.6 Å². The molecule has 0 bridgehead atoms. The lowest BCUT2D eigenvalue weighted by Gasteiger charge is -2.16. The van der Waals surface area contributed by atoms with Gasteiger partial charge in [0.2, 0.25) is 5.95 Å². The van der Waals surface area contributed by atoms with Crippen LogP contribution in [0.15, 0.2) is 36.5 Å². The fraction of sp³-hybridized carbons (Fsp3) is 0.154. The van der Waals surface area contributed by atoms with Gasteiger partial charge in [-0.1, -0.05) is 18.2 Å². The van der Waals surface area contributed by atoms with Gasteiger partial charge in [0, 0.05) is 17.3 Å². The maximum absolute atomic E-state index is 13.9. The summed E-state index contributed by atoms with van der Waals surface area (Å²) in [6.45, 7) is 0. The van der Waals surface area contributed by atoms with Crippen LogP contribution in [0.3, 0.4) is 0 Å². The van der Waals surface area contributed by atoms with Crippen LogP contribution in [0.1, 0.15) is 17.2 Å². The van der Waals surface area contributed by atoms with Crippen molar-refractivity contribution in [3.8, 4) is 5.75 Å². The second-order valence-electron chi connectivity index (χ2n) is 4.22. The summed E-state index contributed by atoms with van der Waals surface area (Å²) in [6.07, 6.45) is 0.598. The summed E-state index contributed by atoms with van der Waals surface area (Å²) in [5, 5.41) is 9.84. The third-order valence-corrected chi connectivity index (χ3v) is 3.19. The SMILES string of the molecule is COc1ccccc1[C@H]1OB(O)c2ccnc(F)c21. The van der Waals surface area contributed by atoms with Gasteiger partial charge in [0.15, 0.2) is 0 Å². The van der Waals surface area contributed by atoms with E-state index >= 15 is 0 Å². The summed E-state index contributed by atoms with van der Waals surface area (Å²) in [5.41, 5.74) is 1.33. The number of hydrogen-bond acceptors (Lipinski definition) is 4. The van der Waals surface area contributed by atoms with Gasteiger partial charge in [-0.15, -0.1) is 0 Å². The lowest BCUT2D eigenvalue weighted by Crippen LogP contribution is -2.28. The molecule has 96 valence electrons. The number of aromatic nitrogens is 1. The number of benzene rings is 1. The van der Waals surface area contributed by atoms with Crippen LogP contribution in [-0.2, 0) is 4.65 Å². The lowest BCUT2D eigenvalue weighted by atomic mass is 9.80. The van der Waals surface area contributed by atoms with Gasteiger partial charge in [0.05, 0.1) is 7.11 Å². The normalized spacial score (nSPS) is 17.4. The summed E-state index contributed by atoms with van der Waals surface area (Å²) >= 11 is 0. The summed E-state index contributed by atoms with van der Waals surface area (Å²) in [4.78, 5) is 3.62. The summed E-state index contributed by atoms with van der Waals surface area (Å²) in [6, 6.07) is 8.71. The average Bonchev–Trinajstić information content (AvgIpc) is 2.78. The van der Waals surface area contributed by atoms with E-state index in [2.05, 4.69) is 4.98 Å². The molecule has 2 aromatic rings.